The molecule has 0 radical (unpaired) electrons. The van der Waals surface area contributed by atoms with Crippen LogP contribution in [0.5, 0.6) is 17.2 Å². The molecular weight excluding hydrogens is 526 g/mol. The topological polar surface area (TPSA) is 55.4 Å². The van der Waals surface area contributed by atoms with Crippen LogP contribution < -0.4 is 20.1 Å². The molecular formula is C35H51N3O2S. The molecule has 0 spiro atoms. The van der Waals surface area contributed by atoms with E-state index in [1.165, 1.54) is 60.1 Å². The number of nitrogens with zero attached hydrogens (tertiary/aromatic N) is 1. The molecule has 1 atom stereocenters. The molecule has 224 valence electrons. The van der Waals surface area contributed by atoms with E-state index in [0.29, 0.717) is 6.04 Å². The molecule has 4 rings (SSSR count). The monoisotopic (exact) mass is 577 g/mol. The van der Waals surface area contributed by atoms with Crippen molar-refractivity contribution in [3.63, 3.8) is 0 Å². The van der Waals surface area contributed by atoms with Crippen LogP contribution in [0.1, 0.15) is 101 Å². The number of ether oxygens (including phenoxy) is 2. The van der Waals surface area contributed by atoms with Gasteiger partial charge in [-0.25, -0.2) is 4.98 Å². The van der Waals surface area contributed by atoms with E-state index in [9.17, 15) is 0 Å². The Kier molecular flexibility index (Phi) is 10.4. The highest BCUT2D eigenvalue weighted by atomic mass is 32.1. The molecule has 0 saturated carbocycles. The van der Waals surface area contributed by atoms with Crippen molar-refractivity contribution in [1.82, 2.24) is 10.3 Å². The van der Waals surface area contributed by atoms with Crippen molar-refractivity contribution in [3.8, 4) is 17.2 Å². The highest BCUT2D eigenvalue weighted by Crippen LogP contribution is 2.45. The number of nitrogens with one attached hydrogen (secondary N) is 2. The normalized spacial score (nSPS) is 15.5. The molecule has 0 aliphatic carbocycles. The number of methoxy groups -OCH3 is 1. The van der Waals surface area contributed by atoms with Crippen molar-refractivity contribution in [2.75, 3.05) is 26.0 Å². The van der Waals surface area contributed by atoms with Gasteiger partial charge in [-0.1, -0.05) is 53.0 Å². The number of hydrogen-bond donors (Lipinski definition) is 2. The fraction of sp³-hybridized carbons (Fsp3) is 0.571. The molecule has 1 aliphatic rings. The maximum atomic E-state index is 6.41. The summed E-state index contributed by atoms with van der Waals surface area (Å²) in [4.78, 5) is 4.73. The third-order valence-corrected chi connectivity index (χ3v) is 10.4. The van der Waals surface area contributed by atoms with Crippen molar-refractivity contribution in [2.24, 2.45) is 10.8 Å². The number of hydrogen-bond acceptors (Lipinski definition) is 6. The second-order valence-electron chi connectivity index (χ2n) is 13.1. The van der Waals surface area contributed by atoms with Gasteiger partial charge in [-0.3, -0.25) is 0 Å². The number of benzene rings is 2. The van der Waals surface area contributed by atoms with Crippen molar-refractivity contribution in [1.29, 1.82) is 0 Å². The van der Waals surface area contributed by atoms with Crippen LogP contribution in [0.15, 0.2) is 35.7 Å². The predicted molar refractivity (Wildman–Crippen MR) is 174 cm³/mol. The lowest BCUT2D eigenvalue weighted by Gasteiger charge is -2.42. The molecule has 41 heavy (non-hydrogen) atoms. The molecule has 0 fully saturated rings. The zero-order valence-electron chi connectivity index (χ0n) is 26.6. The second-order valence-corrected chi connectivity index (χ2v) is 13.9. The van der Waals surface area contributed by atoms with Crippen LogP contribution in [0.25, 0.3) is 0 Å². The highest BCUT2D eigenvalue weighted by Gasteiger charge is 2.37. The van der Waals surface area contributed by atoms with E-state index in [-0.39, 0.29) is 10.8 Å². The number of fused-ring (bicyclic) bond motifs is 1. The Bertz CT molecular complexity index is 1300. The van der Waals surface area contributed by atoms with Crippen molar-refractivity contribution in [2.45, 2.75) is 99.0 Å². The first-order chi connectivity index (χ1) is 19.5. The minimum Gasteiger partial charge on any atom is -0.493 e. The second kappa shape index (κ2) is 13.6. The molecule has 1 unspecified atom stereocenters. The fourth-order valence-corrected chi connectivity index (χ4v) is 6.56. The van der Waals surface area contributed by atoms with Crippen LogP contribution in [0, 0.1) is 17.8 Å². The van der Waals surface area contributed by atoms with Crippen LogP contribution in [-0.4, -0.2) is 25.7 Å². The van der Waals surface area contributed by atoms with Gasteiger partial charge in [0.25, 0.3) is 0 Å². The van der Waals surface area contributed by atoms with Crippen LogP contribution in [-0.2, 0) is 19.3 Å². The van der Waals surface area contributed by atoms with Crippen LogP contribution in [0.2, 0.25) is 0 Å². The van der Waals surface area contributed by atoms with Gasteiger partial charge < -0.3 is 20.1 Å². The molecule has 1 aromatic heterocycles. The van der Waals surface area contributed by atoms with Gasteiger partial charge in [-0.2, -0.15) is 0 Å². The van der Waals surface area contributed by atoms with E-state index in [1.807, 2.05) is 7.05 Å². The molecule has 0 amide bonds. The average molecular weight is 578 g/mol. The largest absolute Gasteiger partial charge is 0.493 e. The summed E-state index contributed by atoms with van der Waals surface area (Å²) in [5.41, 5.74) is 7.01. The Morgan fingerprint density at radius 1 is 1.02 bits per heavy atom. The number of unbranched alkanes of at least 4 members (excludes halogenated alkanes) is 3. The maximum absolute atomic E-state index is 6.41. The molecule has 6 heteroatoms. The lowest BCUT2D eigenvalue weighted by atomic mass is 9.63. The van der Waals surface area contributed by atoms with Crippen molar-refractivity contribution >= 4 is 16.5 Å². The van der Waals surface area contributed by atoms with Crippen LogP contribution in [0.3, 0.4) is 0 Å². The molecule has 3 aromatic rings. The minimum atomic E-state index is 0.193. The zero-order chi connectivity index (χ0) is 29.6. The van der Waals surface area contributed by atoms with Gasteiger partial charge >= 0.3 is 0 Å². The summed E-state index contributed by atoms with van der Waals surface area (Å²) < 4.78 is 12.1. The standard InChI is InChI=1S/C35H51N3O2S/c1-24-14-15-29(40-32-21-30-25(2)37-18-16-27(30)20-31(32)39-8)19-26(24)13-11-9-10-12-17-34(3,4)35(5,6)22-28-23-41-33(36-7)38-28/h14-15,19-21,23,25,37H,9-13,16-18,22H2,1-8H3,(H,36,38). The number of aromatic nitrogens is 1. The summed E-state index contributed by atoms with van der Waals surface area (Å²) in [5.74, 6) is 2.48. The Morgan fingerprint density at radius 2 is 1.80 bits per heavy atom. The Morgan fingerprint density at radius 3 is 2.54 bits per heavy atom. The first kappa shape index (κ1) is 31.4. The zero-order valence-corrected chi connectivity index (χ0v) is 27.4. The summed E-state index contributed by atoms with van der Waals surface area (Å²) >= 11 is 1.70. The minimum absolute atomic E-state index is 0.193. The molecule has 2 heterocycles. The lowest BCUT2D eigenvalue weighted by molar-refractivity contribution is 0.0939. The maximum Gasteiger partial charge on any atom is 0.182 e. The average Bonchev–Trinajstić information content (AvgIpc) is 3.39. The first-order valence-corrected chi connectivity index (χ1v) is 16.2. The summed E-state index contributed by atoms with van der Waals surface area (Å²) in [6, 6.07) is 11.1. The predicted octanol–water partition coefficient (Wildman–Crippen LogP) is 9.29. The smallest absolute Gasteiger partial charge is 0.182 e. The quantitative estimate of drug-likeness (QED) is 0.187. The Hall–Kier alpha value is -2.57. The van der Waals surface area contributed by atoms with E-state index >= 15 is 0 Å². The highest BCUT2D eigenvalue weighted by molar-refractivity contribution is 7.13. The van der Waals surface area contributed by atoms with Gasteiger partial charge in [0.2, 0.25) is 0 Å². The molecule has 0 saturated heterocycles. The summed E-state index contributed by atoms with van der Waals surface area (Å²) in [6.45, 7) is 15.1. The van der Waals surface area contributed by atoms with Crippen molar-refractivity contribution in [3.05, 3.63) is 63.7 Å². The third-order valence-electron chi connectivity index (χ3n) is 9.50. The Labute approximate surface area is 252 Å². The first-order valence-electron chi connectivity index (χ1n) is 15.4. The van der Waals surface area contributed by atoms with Gasteiger partial charge in [0.1, 0.15) is 5.75 Å². The van der Waals surface area contributed by atoms with Gasteiger partial charge in [-0.05, 0) is 110 Å². The van der Waals surface area contributed by atoms with E-state index in [4.69, 9.17) is 14.5 Å². The van der Waals surface area contributed by atoms with Gasteiger partial charge in [0, 0.05) is 18.5 Å². The van der Waals surface area contributed by atoms with E-state index in [1.54, 1.807) is 18.4 Å². The van der Waals surface area contributed by atoms with Crippen LogP contribution in [0.4, 0.5) is 5.13 Å². The number of aryl methyl sites for hydroxylation is 2. The van der Waals surface area contributed by atoms with E-state index < -0.39 is 0 Å². The summed E-state index contributed by atoms with van der Waals surface area (Å²) in [5, 5.41) is 9.92. The molecule has 0 bridgehead atoms. The van der Waals surface area contributed by atoms with E-state index in [0.717, 1.165) is 48.2 Å². The van der Waals surface area contributed by atoms with Gasteiger partial charge in [0.05, 0.1) is 12.8 Å². The number of rotatable bonds is 14. The lowest BCUT2D eigenvalue weighted by Crippen LogP contribution is -2.34. The summed E-state index contributed by atoms with van der Waals surface area (Å²) in [7, 11) is 3.66. The van der Waals surface area contributed by atoms with Crippen LogP contribution >= 0.6 is 11.3 Å². The number of thiazole rings is 1. The SMILES string of the molecule is CNc1nc(CC(C)(C)C(C)(C)CCCCCCc2cc(Oc3cc4c(cc3OC)CCNC4C)ccc2C)cs1. The molecule has 2 aromatic carbocycles. The molecule has 1 aliphatic heterocycles. The summed E-state index contributed by atoms with van der Waals surface area (Å²) in [6.07, 6.45) is 9.34. The fourth-order valence-electron chi connectivity index (χ4n) is 5.89. The van der Waals surface area contributed by atoms with Crippen molar-refractivity contribution < 1.29 is 9.47 Å². The third kappa shape index (κ3) is 7.84. The van der Waals surface area contributed by atoms with Gasteiger partial charge in [-0.15, -0.1) is 11.3 Å². The molecule has 5 nitrogen and oxygen atoms in total. The number of anilines is 1. The molecule has 2 N–H and O–H groups in total. The van der Waals surface area contributed by atoms with Gasteiger partial charge in [0.15, 0.2) is 16.6 Å². The Balaban J connectivity index is 1.28. The van der Waals surface area contributed by atoms with E-state index in [2.05, 4.69) is 87.9 Å².